The smallest absolute Gasteiger partial charge is 0.218 e. The van der Waals surface area contributed by atoms with Crippen molar-refractivity contribution in [2.75, 3.05) is 30.4 Å². The fourth-order valence-electron chi connectivity index (χ4n) is 2.91. The molecule has 0 spiro atoms. The highest BCUT2D eigenvalue weighted by molar-refractivity contribution is 5.60. The van der Waals surface area contributed by atoms with E-state index in [-0.39, 0.29) is 11.9 Å². The van der Waals surface area contributed by atoms with Gasteiger partial charge in [-0.2, -0.15) is 5.26 Å². The van der Waals surface area contributed by atoms with Gasteiger partial charge < -0.3 is 15.0 Å². The second kappa shape index (κ2) is 7.13. The van der Waals surface area contributed by atoms with Crippen LogP contribution in [0.1, 0.15) is 18.4 Å². The van der Waals surface area contributed by atoms with Crippen LogP contribution in [-0.4, -0.2) is 36.2 Å². The van der Waals surface area contributed by atoms with Gasteiger partial charge >= 0.3 is 0 Å². The van der Waals surface area contributed by atoms with Crippen molar-refractivity contribution in [2.45, 2.75) is 18.9 Å². The predicted molar refractivity (Wildman–Crippen MR) is 88.6 cm³/mol. The number of piperidine rings is 1. The van der Waals surface area contributed by atoms with Crippen LogP contribution in [-0.2, 0) is 0 Å². The summed E-state index contributed by atoms with van der Waals surface area (Å²) in [4.78, 5) is 10.1. The van der Waals surface area contributed by atoms with Crippen LogP contribution < -0.4 is 15.0 Å². The Morgan fingerprint density at radius 3 is 2.83 bits per heavy atom. The number of nitrogens with zero attached hydrogens (tertiary/aromatic N) is 4. The van der Waals surface area contributed by atoms with E-state index in [0.717, 1.165) is 12.8 Å². The van der Waals surface area contributed by atoms with Gasteiger partial charge in [0.2, 0.25) is 5.88 Å². The number of nitrogens with one attached hydrogen (secondary N) is 1. The molecule has 1 N–H and O–H groups in total. The van der Waals surface area contributed by atoms with Crippen molar-refractivity contribution in [3.8, 4) is 11.9 Å². The van der Waals surface area contributed by atoms with Gasteiger partial charge in [0.1, 0.15) is 24.0 Å². The zero-order chi connectivity index (χ0) is 16.9. The molecule has 2 aromatic rings. The van der Waals surface area contributed by atoms with E-state index in [4.69, 9.17) is 4.74 Å². The van der Waals surface area contributed by atoms with Gasteiger partial charge in [-0.3, -0.25) is 0 Å². The lowest BCUT2D eigenvalue weighted by atomic mass is 10.0. The highest BCUT2D eigenvalue weighted by Crippen LogP contribution is 2.27. The maximum atomic E-state index is 14.1. The van der Waals surface area contributed by atoms with E-state index in [1.807, 2.05) is 4.90 Å². The Morgan fingerprint density at radius 1 is 1.33 bits per heavy atom. The van der Waals surface area contributed by atoms with Crippen molar-refractivity contribution in [1.82, 2.24) is 9.97 Å². The van der Waals surface area contributed by atoms with E-state index in [1.165, 1.54) is 12.4 Å². The zero-order valence-electron chi connectivity index (χ0n) is 13.4. The van der Waals surface area contributed by atoms with Gasteiger partial charge in [-0.1, -0.05) is 6.07 Å². The van der Waals surface area contributed by atoms with Crippen molar-refractivity contribution in [3.63, 3.8) is 0 Å². The highest BCUT2D eigenvalue weighted by atomic mass is 19.1. The van der Waals surface area contributed by atoms with E-state index < -0.39 is 0 Å². The molecule has 0 bridgehead atoms. The quantitative estimate of drug-likeness (QED) is 0.930. The van der Waals surface area contributed by atoms with Gasteiger partial charge in [0, 0.05) is 25.2 Å². The summed E-state index contributed by atoms with van der Waals surface area (Å²) in [5.74, 6) is 0.875. The molecule has 0 saturated carbocycles. The lowest BCUT2D eigenvalue weighted by Crippen LogP contribution is -2.40. The average molecular weight is 327 g/mol. The number of halogens is 1. The molecule has 2 heterocycles. The standard InChI is InChI=1S/C17H18FN5O/c1-24-16-9-15(20-11-21-16)22-13-5-7-23(8-6-13)17-12(10-19)3-2-4-14(17)18/h2-4,9,11,13H,5-8H2,1H3,(H,20,21,22). The third-order valence-electron chi connectivity index (χ3n) is 4.12. The fourth-order valence-corrected chi connectivity index (χ4v) is 2.91. The second-order valence-electron chi connectivity index (χ2n) is 5.60. The molecular formula is C17H18FN5O. The summed E-state index contributed by atoms with van der Waals surface area (Å²) in [7, 11) is 1.56. The Labute approximate surface area is 139 Å². The molecule has 1 aliphatic heterocycles. The molecule has 124 valence electrons. The molecular weight excluding hydrogens is 309 g/mol. The molecule has 3 rings (SSSR count). The number of rotatable bonds is 4. The van der Waals surface area contributed by atoms with Crippen molar-refractivity contribution in [1.29, 1.82) is 5.26 Å². The Balaban J connectivity index is 1.65. The largest absolute Gasteiger partial charge is 0.481 e. The van der Waals surface area contributed by atoms with Crippen LogP contribution >= 0.6 is 0 Å². The van der Waals surface area contributed by atoms with Crippen LogP contribution in [0.3, 0.4) is 0 Å². The van der Waals surface area contributed by atoms with Gasteiger partial charge in [0.15, 0.2) is 0 Å². The van der Waals surface area contributed by atoms with E-state index in [9.17, 15) is 9.65 Å². The minimum Gasteiger partial charge on any atom is -0.481 e. The van der Waals surface area contributed by atoms with Gasteiger partial charge in [-0.05, 0) is 25.0 Å². The molecule has 1 aliphatic rings. The Bertz CT molecular complexity index is 753. The predicted octanol–water partition coefficient (Wildman–Crippen LogP) is 2.58. The molecule has 1 aromatic heterocycles. The highest BCUT2D eigenvalue weighted by Gasteiger charge is 2.23. The number of para-hydroxylation sites is 1. The van der Waals surface area contributed by atoms with Crippen molar-refractivity contribution in [2.24, 2.45) is 0 Å². The van der Waals surface area contributed by atoms with Crippen LogP contribution in [0.25, 0.3) is 0 Å². The summed E-state index contributed by atoms with van der Waals surface area (Å²) in [5.41, 5.74) is 0.782. The summed E-state index contributed by atoms with van der Waals surface area (Å²) in [6, 6.07) is 8.66. The summed E-state index contributed by atoms with van der Waals surface area (Å²) < 4.78 is 19.2. The Kier molecular flexibility index (Phi) is 4.75. The van der Waals surface area contributed by atoms with Gasteiger partial charge in [0.05, 0.1) is 18.4 Å². The molecule has 6 nitrogen and oxygen atoms in total. The second-order valence-corrected chi connectivity index (χ2v) is 5.60. The molecule has 7 heteroatoms. The fraction of sp³-hybridized carbons (Fsp3) is 0.353. The van der Waals surface area contributed by atoms with Crippen LogP contribution in [0.5, 0.6) is 5.88 Å². The maximum Gasteiger partial charge on any atom is 0.218 e. The topological polar surface area (TPSA) is 74.1 Å². The molecule has 0 amide bonds. The normalized spacial score (nSPS) is 15.0. The summed E-state index contributed by atoms with van der Waals surface area (Å²) in [6.07, 6.45) is 3.10. The van der Waals surface area contributed by atoms with Crippen LogP contribution in [0.2, 0.25) is 0 Å². The van der Waals surface area contributed by atoms with Crippen LogP contribution in [0.15, 0.2) is 30.6 Å². The number of anilines is 2. The average Bonchev–Trinajstić information content (AvgIpc) is 2.62. The van der Waals surface area contributed by atoms with Crippen LogP contribution in [0, 0.1) is 17.1 Å². The third-order valence-corrected chi connectivity index (χ3v) is 4.12. The number of hydrogen-bond acceptors (Lipinski definition) is 6. The monoisotopic (exact) mass is 327 g/mol. The molecule has 1 fully saturated rings. The molecule has 1 saturated heterocycles. The summed E-state index contributed by atoms with van der Waals surface area (Å²) in [5, 5.41) is 12.5. The zero-order valence-corrected chi connectivity index (χ0v) is 13.4. The first kappa shape index (κ1) is 16.0. The Morgan fingerprint density at radius 2 is 2.12 bits per heavy atom. The Hall–Kier alpha value is -2.88. The first-order chi connectivity index (χ1) is 11.7. The van der Waals surface area contributed by atoms with Gasteiger partial charge in [0.25, 0.3) is 0 Å². The number of ether oxygens (including phenoxy) is 1. The first-order valence-electron chi connectivity index (χ1n) is 7.77. The lowest BCUT2D eigenvalue weighted by molar-refractivity contribution is 0.397. The number of nitriles is 1. The molecule has 24 heavy (non-hydrogen) atoms. The maximum absolute atomic E-state index is 14.1. The molecule has 0 aliphatic carbocycles. The summed E-state index contributed by atoms with van der Waals surface area (Å²) in [6.45, 7) is 1.35. The van der Waals surface area contributed by atoms with Crippen molar-refractivity contribution < 1.29 is 9.13 Å². The van der Waals surface area contributed by atoms with E-state index in [0.29, 0.717) is 36.0 Å². The molecule has 0 atom stereocenters. The van der Waals surface area contributed by atoms with Gasteiger partial charge in [-0.15, -0.1) is 0 Å². The SMILES string of the molecule is COc1cc(NC2CCN(c3c(F)cccc3C#N)CC2)ncn1. The molecule has 0 radical (unpaired) electrons. The molecule has 1 aromatic carbocycles. The number of hydrogen-bond donors (Lipinski definition) is 1. The summed E-state index contributed by atoms with van der Waals surface area (Å²) >= 11 is 0. The molecule has 0 unspecified atom stereocenters. The van der Waals surface area contributed by atoms with Crippen molar-refractivity contribution >= 4 is 11.5 Å². The van der Waals surface area contributed by atoms with E-state index >= 15 is 0 Å². The number of benzene rings is 1. The lowest BCUT2D eigenvalue weighted by Gasteiger charge is -2.34. The minimum absolute atomic E-state index is 0.234. The number of aromatic nitrogens is 2. The first-order valence-corrected chi connectivity index (χ1v) is 7.77. The minimum atomic E-state index is -0.346. The van der Waals surface area contributed by atoms with Crippen molar-refractivity contribution in [3.05, 3.63) is 42.0 Å². The third kappa shape index (κ3) is 3.38. The number of methoxy groups -OCH3 is 1. The van der Waals surface area contributed by atoms with Gasteiger partial charge in [-0.25, -0.2) is 14.4 Å². The van der Waals surface area contributed by atoms with Crippen LogP contribution in [0.4, 0.5) is 15.9 Å². The van der Waals surface area contributed by atoms with E-state index in [1.54, 1.807) is 25.3 Å². The van der Waals surface area contributed by atoms with E-state index in [2.05, 4.69) is 21.4 Å².